The number of imidazole rings is 1. The normalized spacial score (nSPS) is 11.1. The standard InChI is InChI=1S/C16H14ClIN2/c17-9-8-16-19-14-10-13(18)6-7-15(14)20(16)11-12-4-2-1-3-5-12/h1-7,10H,8-9,11H2. The first-order valence-corrected chi connectivity index (χ1v) is 8.14. The van der Waals surface area contributed by atoms with Gasteiger partial charge in [-0.1, -0.05) is 30.3 Å². The zero-order chi connectivity index (χ0) is 13.9. The van der Waals surface area contributed by atoms with Crippen molar-refractivity contribution in [2.24, 2.45) is 0 Å². The number of halogens is 2. The van der Waals surface area contributed by atoms with Crippen LogP contribution >= 0.6 is 34.2 Å². The highest BCUT2D eigenvalue weighted by molar-refractivity contribution is 14.1. The van der Waals surface area contributed by atoms with Crippen LogP contribution < -0.4 is 0 Å². The first kappa shape index (κ1) is 13.9. The van der Waals surface area contributed by atoms with E-state index in [9.17, 15) is 0 Å². The SMILES string of the molecule is ClCCc1nc2cc(I)ccc2n1Cc1ccccc1. The van der Waals surface area contributed by atoms with Crippen molar-refractivity contribution in [3.63, 3.8) is 0 Å². The molecule has 0 saturated heterocycles. The number of fused-ring (bicyclic) bond motifs is 1. The van der Waals surface area contributed by atoms with Crippen LogP contribution in [-0.2, 0) is 13.0 Å². The molecule has 1 aromatic heterocycles. The molecule has 0 amide bonds. The van der Waals surface area contributed by atoms with Crippen molar-refractivity contribution in [1.29, 1.82) is 0 Å². The van der Waals surface area contributed by atoms with Gasteiger partial charge in [-0.2, -0.15) is 0 Å². The zero-order valence-corrected chi connectivity index (χ0v) is 13.8. The third-order valence-electron chi connectivity index (χ3n) is 3.29. The third kappa shape index (κ3) is 2.83. The monoisotopic (exact) mass is 396 g/mol. The molecule has 1 heterocycles. The van der Waals surface area contributed by atoms with Crippen molar-refractivity contribution < 1.29 is 0 Å². The fourth-order valence-electron chi connectivity index (χ4n) is 2.37. The lowest BCUT2D eigenvalue weighted by Gasteiger charge is -2.08. The van der Waals surface area contributed by atoms with Gasteiger partial charge in [0.1, 0.15) is 5.82 Å². The Bertz CT molecular complexity index is 722. The fourth-order valence-corrected chi connectivity index (χ4v) is 3.01. The van der Waals surface area contributed by atoms with Gasteiger partial charge in [0, 0.05) is 22.4 Å². The molecule has 0 aliphatic heterocycles. The number of alkyl halides is 1. The molecule has 4 heteroatoms. The largest absolute Gasteiger partial charge is 0.323 e. The van der Waals surface area contributed by atoms with E-state index in [0.29, 0.717) is 5.88 Å². The molecule has 2 nitrogen and oxygen atoms in total. The third-order valence-corrected chi connectivity index (χ3v) is 4.15. The molecular formula is C16H14ClIN2. The second-order valence-electron chi connectivity index (χ2n) is 4.67. The summed E-state index contributed by atoms with van der Waals surface area (Å²) in [5, 5.41) is 0. The smallest absolute Gasteiger partial charge is 0.111 e. The molecule has 0 fully saturated rings. The number of hydrogen-bond acceptors (Lipinski definition) is 1. The number of hydrogen-bond donors (Lipinski definition) is 0. The van der Waals surface area contributed by atoms with Crippen molar-refractivity contribution in [3.8, 4) is 0 Å². The lowest BCUT2D eigenvalue weighted by molar-refractivity contribution is 0.754. The summed E-state index contributed by atoms with van der Waals surface area (Å²) in [6, 6.07) is 16.8. The number of nitrogens with zero attached hydrogens (tertiary/aromatic N) is 2. The molecule has 0 radical (unpaired) electrons. The Morgan fingerprint density at radius 2 is 1.90 bits per heavy atom. The van der Waals surface area contributed by atoms with Crippen LogP contribution in [0.5, 0.6) is 0 Å². The average Bonchev–Trinajstić information content (AvgIpc) is 2.77. The van der Waals surface area contributed by atoms with Gasteiger partial charge in [0.15, 0.2) is 0 Å². The summed E-state index contributed by atoms with van der Waals surface area (Å²) in [5.74, 6) is 1.65. The Labute approximate surface area is 136 Å². The Hall–Kier alpha value is -1.07. The molecule has 2 aromatic carbocycles. The number of aromatic nitrogens is 2. The summed E-state index contributed by atoms with van der Waals surface area (Å²) in [6.07, 6.45) is 0.791. The summed E-state index contributed by atoms with van der Waals surface area (Å²) in [5.41, 5.74) is 3.50. The molecule has 3 aromatic rings. The van der Waals surface area contributed by atoms with Gasteiger partial charge in [-0.3, -0.25) is 0 Å². The minimum Gasteiger partial charge on any atom is -0.323 e. The minimum atomic E-state index is 0.592. The van der Waals surface area contributed by atoms with Crippen LogP contribution in [-0.4, -0.2) is 15.4 Å². The summed E-state index contributed by atoms with van der Waals surface area (Å²) in [7, 11) is 0. The molecule has 0 unspecified atom stereocenters. The van der Waals surface area contributed by atoms with Crippen molar-refractivity contribution in [3.05, 3.63) is 63.5 Å². The second kappa shape index (κ2) is 6.14. The second-order valence-corrected chi connectivity index (χ2v) is 6.30. The van der Waals surface area contributed by atoms with Gasteiger partial charge in [-0.15, -0.1) is 11.6 Å². The van der Waals surface area contributed by atoms with Crippen LogP contribution in [0.2, 0.25) is 0 Å². The molecular weight excluding hydrogens is 383 g/mol. The number of aryl methyl sites for hydroxylation is 1. The molecule has 0 N–H and O–H groups in total. The van der Waals surface area contributed by atoms with Crippen LogP contribution in [0.4, 0.5) is 0 Å². The van der Waals surface area contributed by atoms with E-state index in [1.807, 2.05) is 6.07 Å². The molecule has 0 saturated carbocycles. The van der Waals surface area contributed by atoms with E-state index in [2.05, 4.69) is 69.6 Å². The van der Waals surface area contributed by atoms with Gasteiger partial charge in [0.2, 0.25) is 0 Å². The lowest BCUT2D eigenvalue weighted by atomic mass is 10.2. The van der Waals surface area contributed by atoms with Crippen LogP contribution in [0.3, 0.4) is 0 Å². The first-order chi connectivity index (χ1) is 9.78. The number of benzene rings is 2. The molecule has 3 rings (SSSR count). The van der Waals surface area contributed by atoms with E-state index >= 15 is 0 Å². The summed E-state index contributed by atoms with van der Waals surface area (Å²) < 4.78 is 3.47. The molecule has 0 atom stereocenters. The van der Waals surface area contributed by atoms with E-state index < -0.39 is 0 Å². The van der Waals surface area contributed by atoms with Gasteiger partial charge >= 0.3 is 0 Å². The average molecular weight is 397 g/mol. The predicted molar refractivity (Wildman–Crippen MR) is 92.4 cm³/mol. The van der Waals surface area contributed by atoms with Crippen molar-refractivity contribution in [2.45, 2.75) is 13.0 Å². The molecule has 102 valence electrons. The van der Waals surface area contributed by atoms with Gasteiger partial charge in [-0.25, -0.2) is 4.98 Å². The van der Waals surface area contributed by atoms with Crippen LogP contribution in [0.15, 0.2) is 48.5 Å². The maximum Gasteiger partial charge on any atom is 0.111 e. The Kier molecular flexibility index (Phi) is 4.27. The van der Waals surface area contributed by atoms with E-state index in [1.54, 1.807) is 0 Å². The molecule has 0 spiro atoms. The van der Waals surface area contributed by atoms with Gasteiger partial charge in [-0.05, 0) is 46.4 Å². The zero-order valence-electron chi connectivity index (χ0n) is 10.9. The quantitative estimate of drug-likeness (QED) is 0.470. The van der Waals surface area contributed by atoms with E-state index in [4.69, 9.17) is 16.6 Å². The Morgan fingerprint density at radius 3 is 2.65 bits per heavy atom. The van der Waals surface area contributed by atoms with Crippen molar-refractivity contribution in [2.75, 3.05) is 5.88 Å². The highest BCUT2D eigenvalue weighted by atomic mass is 127. The highest BCUT2D eigenvalue weighted by Crippen LogP contribution is 2.21. The maximum absolute atomic E-state index is 5.92. The van der Waals surface area contributed by atoms with Crippen LogP contribution in [0.1, 0.15) is 11.4 Å². The van der Waals surface area contributed by atoms with Gasteiger partial charge in [0.25, 0.3) is 0 Å². The first-order valence-electron chi connectivity index (χ1n) is 6.52. The maximum atomic E-state index is 5.92. The van der Waals surface area contributed by atoms with E-state index in [0.717, 1.165) is 24.3 Å². The fraction of sp³-hybridized carbons (Fsp3) is 0.188. The van der Waals surface area contributed by atoms with Crippen molar-refractivity contribution >= 4 is 45.2 Å². The summed E-state index contributed by atoms with van der Waals surface area (Å²) >= 11 is 8.23. The Balaban J connectivity index is 2.09. The Morgan fingerprint density at radius 1 is 1.10 bits per heavy atom. The number of rotatable bonds is 4. The lowest BCUT2D eigenvalue weighted by Crippen LogP contribution is -2.05. The van der Waals surface area contributed by atoms with Crippen LogP contribution in [0, 0.1) is 3.57 Å². The highest BCUT2D eigenvalue weighted by Gasteiger charge is 2.11. The molecule has 0 aliphatic rings. The molecule has 20 heavy (non-hydrogen) atoms. The van der Waals surface area contributed by atoms with Crippen LogP contribution in [0.25, 0.3) is 11.0 Å². The van der Waals surface area contributed by atoms with E-state index in [-0.39, 0.29) is 0 Å². The summed E-state index contributed by atoms with van der Waals surface area (Å²) in [4.78, 5) is 4.73. The summed E-state index contributed by atoms with van der Waals surface area (Å²) in [6.45, 7) is 0.837. The topological polar surface area (TPSA) is 17.8 Å². The molecule has 0 bridgehead atoms. The van der Waals surface area contributed by atoms with Crippen molar-refractivity contribution in [1.82, 2.24) is 9.55 Å². The van der Waals surface area contributed by atoms with E-state index in [1.165, 1.54) is 14.7 Å². The van der Waals surface area contributed by atoms with Gasteiger partial charge < -0.3 is 4.57 Å². The minimum absolute atomic E-state index is 0.592. The molecule has 0 aliphatic carbocycles. The van der Waals surface area contributed by atoms with Gasteiger partial charge in [0.05, 0.1) is 11.0 Å². The predicted octanol–water partition coefficient (Wildman–Crippen LogP) is 4.47.